The summed E-state index contributed by atoms with van der Waals surface area (Å²) in [4.78, 5) is 11.6. The van der Waals surface area contributed by atoms with Gasteiger partial charge in [0.05, 0.1) is 12.5 Å². The third-order valence-corrected chi connectivity index (χ3v) is 4.58. The highest BCUT2D eigenvalue weighted by Crippen LogP contribution is 2.48. The highest BCUT2D eigenvalue weighted by atomic mass is 16.5. The predicted octanol–water partition coefficient (Wildman–Crippen LogP) is 3.69. The van der Waals surface area contributed by atoms with Crippen molar-refractivity contribution in [3.05, 3.63) is 0 Å². The van der Waals surface area contributed by atoms with E-state index in [0.29, 0.717) is 12.0 Å². The third-order valence-electron chi connectivity index (χ3n) is 4.58. The quantitative estimate of drug-likeness (QED) is 0.669. The second-order valence-electron chi connectivity index (χ2n) is 5.59. The first-order valence-electron chi connectivity index (χ1n) is 6.92. The van der Waals surface area contributed by atoms with Gasteiger partial charge in [0.15, 0.2) is 0 Å². The van der Waals surface area contributed by atoms with E-state index < -0.39 is 0 Å². The van der Waals surface area contributed by atoms with Crippen LogP contribution in [-0.2, 0) is 9.53 Å². The van der Waals surface area contributed by atoms with Gasteiger partial charge in [0.1, 0.15) is 0 Å². The molecule has 0 aromatic carbocycles. The molecule has 0 unspecified atom stereocenters. The van der Waals surface area contributed by atoms with Crippen molar-refractivity contribution in [3.63, 3.8) is 0 Å². The van der Waals surface area contributed by atoms with Crippen LogP contribution in [0.3, 0.4) is 0 Å². The van der Waals surface area contributed by atoms with Crippen LogP contribution in [0.5, 0.6) is 0 Å². The van der Waals surface area contributed by atoms with Crippen LogP contribution < -0.4 is 0 Å². The van der Waals surface area contributed by atoms with E-state index >= 15 is 0 Å². The maximum atomic E-state index is 11.6. The summed E-state index contributed by atoms with van der Waals surface area (Å²) >= 11 is 0. The first-order valence-corrected chi connectivity index (χ1v) is 6.92. The van der Waals surface area contributed by atoms with Crippen LogP contribution in [0.2, 0.25) is 0 Å². The second kappa shape index (κ2) is 5.20. The van der Waals surface area contributed by atoms with Gasteiger partial charge < -0.3 is 4.74 Å². The van der Waals surface area contributed by atoms with Crippen molar-refractivity contribution < 1.29 is 9.53 Å². The van der Waals surface area contributed by atoms with Gasteiger partial charge in [-0.15, -0.1) is 0 Å². The maximum absolute atomic E-state index is 11.6. The van der Waals surface area contributed by atoms with Crippen molar-refractivity contribution in [2.45, 2.75) is 64.7 Å². The SMILES string of the molecule is CCOC(=O)C1CCC2(CCCCC2)CC1. The summed E-state index contributed by atoms with van der Waals surface area (Å²) in [6.07, 6.45) is 11.7. The highest BCUT2D eigenvalue weighted by Gasteiger charge is 2.38. The molecule has 0 aliphatic heterocycles. The number of esters is 1. The van der Waals surface area contributed by atoms with Gasteiger partial charge in [-0.2, -0.15) is 0 Å². The molecule has 0 N–H and O–H groups in total. The standard InChI is InChI=1S/C14H24O2/c1-2-16-13(15)12-6-10-14(11-7-12)8-4-3-5-9-14/h12H,2-11H2,1H3. The number of hydrogen-bond acceptors (Lipinski definition) is 2. The topological polar surface area (TPSA) is 26.3 Å². The van der Waals surface area contributed by atoms with Crippen LogP contribution in [0.4, 0.5) is 0 Å². The van der Waals surface area contributed by atoms with Gasteiger partial charge in [-0.3, -0.25) is 4.79 Å². The molecule has 0 atom stereocenters. The average molecular weight is 224 g/mol. The highest BCUT2D eigenvalue weighted by molar-refractivity contribution is 5.72. The molecule has 0 radical (unpaired) electrons. The molecule has 2 fully saturated rings. The van der Waals surface area contributed by atoms with E-state index in [9.17, 15) is 4.79 Å². The van der Waals surface area contributed by atoms with Crippen LogP contribution in [-0.4, -0.2) is 12.6 Å². The first-order chi connectivity index (χ1) is 7.76. The Balaban J connectivity index is 1.83. The summed E-state index contributed by atoms with van der Waals surface area (Å²) in [5.41, 5.74) is 0.612. The maximum Gasteiger partial charge on any atom is 0.308 e. The molecule has 0 amide bonds. The largest absolute Gasteiger partial charge is 0.466 e. The second-order valence-corrected chi connectivity index (χ2v) is 5.59. The van der Waals surface area contributed by atoms with Gasteiger partial charge in [-0.05, 0) is 50.9 Å². The fraction of sp³-hybridized carbons (Fsp3) is 0.929. The van der Waals surface area contributed by atoms with E-state index in [0.717, 1.165) is 12.8 Å². The molecule has 0 aromatic rings. The van der Waals surface area contributed by atoms with Gasteiger partial charge in [-0.1, -0.05) is 19.3 Å². The molecule has 1 spiro atoms. The Hall–Kier alpha value is -0.530. The smallest absolute Gasteiger partial charge is 0.308 e. The van der Waals surface area contributed by atoms with E-state index in [1.807, 2.05) is 6.92 Å². The average Bonchev–Trinajstić information content (AvgIpc) is 2.31. The van der Waals surface area contributed by atoms with Crippen LogP contribution in [0.1, 0.15) is 64.7 Å². The Labute approximate surface area is 98.7 Å². The fourth-order valence-corrected chi connectivity index (χ4v) is 3.53. The van der Waals surface area contributed by atoms with Crippen molar-refractivity contribution >= 4 is 5.97 Å². The molecule has 0 heterocycles. The summed E-state index contributed by atoms with van der Waals surface area (Å²) in [5.74, 6) is 0.251. The molecular formula is C14H24O2. The molecule has 2 saturated carbocycles. The molecule has 2 aliphatic carbocycles. The Kier molecular flexibility index (Phi) is 3.88. The first kappa shape index (κ1) is 11.9. The fourth-order valence-electron chi connectivity index (χ4n) is 3.53. The molecule has 92 valence electrons. The van der Waals surface area contributed by atoms with E-state index in [1.165, 1.54) is 44.9 Å². The van der Waals surface area contributed by atoms with Crippen molar-refractivity contribution in [2.24, 2.45) is 11.3 Å². The Morgan fingerprint density at radius 1 is 1.12 bits per heavy atom. The lowest BCUT2D eigenvalue weighted by molar-refractivity contribution is -0.150. The van der Waals surface area contributed by atoms with Gasteiger partial charge in [0, 0.05) is 0 Å². The van der Waals surface area contributed by atoms with Crippen molar-refractivity contribution in [3.8, 4) is 0 Å². The van der Waals surface area contributed by atoms with Crippen LogP contribution in [0, 0.1) is 11.3 Å². The zero-order valence-electron chi connectivity index (χ0n) is 10.5. The molecule has 0 bridgehead atoms. The summed E-state index contributed by atoms with van der Waals surface area (Å²) in [5, 5.41) is 0. The minimum atomic E-state index is 0.0492. The zero-order chi connectivity index (χ0) is 11.4. The van der Waals surface area contributed by atoms with E-state index in [2.05, 4.69) is 0 Å². The molecule has 0 saturated heterocycles. The van der Waals surface area contributed by atoms with Crippen molar-refractivity contribution in [1.29, 1.82) is 0 Å². The summed E-state index contributed by atoms with van der Waals surface area (Å²) < 4.78 is 5.12. The molecule has 2 heteroatoms. The molecule has 2 aliphatic rings. The van der Waals surface area contributed by atoms with Gasteiger partial charge >= 0.3 is 5.97 Å². The molecule has 2 nitrogen and oxygen atoms in total. The third kappa shape index (κ3) is 2.58. The van der Waals surface area contributed by atoms with Crippen LogP contribution in [0.25, 0.3) is 0 Å². The Bertz CT molecular complexity index is 231. The monoisotopic (exact) mass is 224 g/mol. The lowest BCUT2D eigenvalue weighted by Gasteiger charge is -2.42. The lowest BCUT2D eigenvalue weighted by atomic mass is 9.63. The van der Waals surface area contributed by atoms with Gasteiger partial charge in [-0.25, -0.2) is 0 Å². The molecule has 0 aromatic heterocycles. The van der Waals surface area contributed by atoms with Crippen molar-refractivity contribution in [2.75, 3.05) is 6.61 Å². The predicted molar refractivity (Wildman–Crippen MR) is 64.1 cm³/mol. The van der Waals surface area contributed by atoms with Crippen LogP contribution in [0.15, 0.2) is 0 Å². The Morgan fingerprint density at radius 3 is 2.31 bits per heavy atom. The normalized spacial score (nSPS) is 25.6. The van der Waals surface area contributed by atoms with Gasteiger partial charge in [0.2, 0.25) is 0 Å². The summed E-state index contributed by atoms with van der Waals surface area (Å²) in [6, 6.07) is 0. The summed E-state index contributed by atoms with van der Waals surface area (Å²) in [6.45, 7) is 2.42. The van der Waals surface area contributed by atoms with E-state index in [-0.39, 0.29) is 11.9 Å². The number of hydrogen-bond donors (Lipinski definition) is 0. The van der Waals surface area contributed by atoms with Crippen LogP contribution >= 0.6 is 0 Å². The molecular weight excluding hydrogens is 200 g/mol. The minimum Gasteiger partial charge on any atom is -0.466 e. The van der Waals surface area contributed by atoms with Gasteiger partial charge in [0.25, 0.3) is 0 Å². The van der Waals surface area contributed by atoms with E-state index in [4.69, 9.17) is 4.74 Å². The number of carbonyl (C=O) groups is 1. The molecule has 2 rings (SSSR count). The Morgan fingerprint density at radius 2 is 1.75 bits per heavy atom. The number of ether oxygens (including phenoxy) is 1. The van der Waals surface area contributed by atoms with Crippen molar-refractivity contribution in [1.82, 2.24) is 0 Å². The number of carbonyl (C=O) groups excluding carboxylic acids is 1. The summed E-state index contributed by atoms with van der Waals surface area (Å²) in [7, 11) is 0. The number of rotatable bonds is 2. The minimum absolute atomic E-state index is 0.0492. The zero-order valence-corrected chi connectivity index (χ0v) is 10.5. The molecule has 16 heavy (non-hydrogen) atoms. The van der Waals surface area contributed by atoms with E-state index in [1.54, 1.807) is 0 Å². The lowest BCUT2D eigenvalue weighted by Crippen LogP contribution is -2.32.